The molecule has 0 saturated carbocycles. The van der Waals surface area contributed by atoms with Gasteiger partial charge in [-0.1, -0.05) is 25.1 Å². The quantitative estimate of drug-likeness (QED) is 0.749. The van der Waals surface area contributed by atoms with Gasteiger partial charge in [-0.05, 0) is 24.5 Å². The van der Waals surface area contributed by atoms with Gasteiger partial charge in [0.15, 0.2) is 0 Å². The van der Waals surface area contributed by atoms with Gasteiger partial charge in [0.2, 0.25) is 21.8 Å². The third-order valence-corrected chi connectivity index (χ3v) is 8.11. The number of nitrogens with one attached hydrogen (secondary N) is 1. The highest BCUT2D eigenvalue weighted by molar-refractivity contribution is 7.89. The fraction of sp³-hybridized carbons (Fsp3) is 0.524. The number of nitrogens with zero attached hydrogens (tertiary/aromatic N) is 3. The number of hydrogen-bond acceptors (Lipinski definition) is 4. The Morgan fingerprint density at radius 2 is 1.90 bits per heavy atom. The minimum absolute atomic E-state index is 0.0113. The molecule has 4 rings (SSSR count). The van der Waals surface area contributed by atoms with Crippen molar-refractivity contribution in [2.45, 2.75) is 38.8 Å². The molecule has 0 aliphatic carbocycles. The largest absolute Gasteiger partial charge is 0.361 e. The zero-order chi connectivity index (χ0) is 21.3. The Labute approximate surface area is 176 Å². The Morgan fingerprint density at radius 1 is 1.17 bits per heavy atom. The van der Waals surface area contributed by atoms with E-state index in [0.29, 0.717) is 52.0 Å². The number of aromatic amines is 1. The summed E-state index contributed by atoms with van der Waals surface area (Å²) in [4.78, 5) is 32.3. The minimum Gasteiger partial charge on any atom is -0.361 e. The number of sulfonamides is 1. The molecule has 0 spiro atoms. The fourth-order valence-electron chi connectivity index (χ4n) is 4.42. The van der Waals surface area contributed by atoms with Gasteiger partial charge in [-0.15, -0.1) is 0 Å². The van der Waals surface area contributed by atoms with E-state index in [4.69, 9.17) is 0 Å². The van der Waals surface area contributed by atoms with Gasteiger partial charge in [-0.2, -0.15) is 4.31 Å². The molecule has 1 aromatic heterocycles. The molecular formula is C21H28N4O4S. The van der Waals surface area contributed by atoms with E-state index in [2.05, 4.69) is 4.98 Å². The van der Waals surface area contributed by atoms with Crippen LogP contribution >= 0.6 is 0 Å². The molecule has 0 bridgehead atoms. The first-order valence-corrected chi connectivity index (χ1v) is 12.1. The van der Waals surface area contributed by atoms with Crippen LogP contribution < -0.4 is 0 Å². The molecule has 2 aliphatic heterocycles. The van der Waals surface area contributed by atoms with Crippen molar-refractivity contribution in [2.75, 3.05) is 31.9 Å². The lowest BCUT2D eigenvalue weighted by molar-refractivity contribution is -0.142. The van der Waals surface area contributed by atoms with Crippen LogP contribution in [0.1, 0.15) is 31.7 Å². The van der Waals surface area contributed by atoms with Crippen LogP contribution in [0.2, 0.25) is 0 Å². The third-order valence-electron chi connectivity index (χ3n) is 6.03. The summed E-state index contributed by atoms with van der Waals surface area (Å²) in [5, 5.41) is 1.05. The van der Waals surface area contributed by atoms with Crippen molar-refractivity contribution >= 4 is 32.7 Å². The molecule has 1 N–H and O–H groups in total. The normalized spacial score (nSPS) is 21.0. The Balaban J connectivity index is 1.44. The topological polar surface area (TPSA) is 93.8 Å². The summed E-state index contributed by atoms with van der Waals surface area (Å²) in [7, 11) is -3.25. The first kappa shape index (κ1) is 20.9. The number of likely N-dealkylation sites (tertiary alicyclic amines) is 1. The maximum atomic E-state index is 13.2. The number of fused-ring (bicyclic) bond motifs is 1. The predicted molar refractivity (Wildman–Crippen MR) is 114 cm³/mol. The summed E-state index contributed by atoms with van der Waals surface area (Å²) in [6, 6.07) is 7.43. The summed E-state index contributed by atoms with van der Waals surface area (Å²) < 4.78 is 26.0. The van der Waals surface area contributed by atoms with E-state index < -0.39 is 16.1 Å². The van der Waals surface area contributed by atoms with E-state index in [1.54, 1.807) is 9.80 Å². The third kappa shape index (κ3) is 3.96. The standard InChI is InChI=1S/C21H28N4O4S/c1-2-13-30(28,29)24-11-9-23(10-12-24)21(27)19-7-8-20(26)25(19)15-16-14-22-18-6-4-3-5-17(16)18/h3-6,14,19,22H,2,7-13,15H2,1H3. The van der Waals surface area contributed by atoms with Gasteiger partial charge in [0.25, 0.3) is 0 Å². The maximum Gasteiger partial charge on any atom is 0.245 e. The summed E-state index contributed by atoms with van der Waals surface area (Å²) in [6.45, 7) is 3.61. The minimum atomic E-state index is -3.25. The van der Waals surface area contributed by atoms with Crippen molar-refractivity contribution in [1.82, 2.24) is 19.1 Å². The molecule has 2 aromatic rings. The van der Waals surface area contributed by atoms with E-state index in [0.717, 1.165) is 16.5 Å². The first-order valence-electron chi connectivity index (χ1n) is 10.5. The summed E-state index contributed by atoms with van der Waals surface area (Å²) >= 11 is 0. The van der Waals surface area contributed by atoms with Gasteiger partial charge >= 0.3 is 0 Å². The molecule has 0 radical (unpaired) electrons. The molecule has 1 unspecified atom stereocenters. The van der Waals surface area contributed by atoms with E-state index in [1.807, 2.05) is 37.4 Å². The van der Waals surface area contributed by atoms with Crippen LogP contribution in [-0.2, 0) is 26.2 Å². The van der Waals surface area contributed by atoms with Gasteiger partial charge < -0.3 is 14.8 Å². The Kier molecular flexibility index (Phi) is 5.84. The molecule has 2 fully saturated rings. The molecule has 3 heterocycles. The van der Waals surface area contributed by atoms with Crippen molar-refractivity contribution in [1.29, 1.82) is 0 Å². The number of hydrogen-bond donors (Lipinski definition) is 1. The average molecular weight is 433 g/mol. The van der Waals surface area contributed by atoms with Gasteiger partial charge in [0.05, 0.1) is 5.75 Å². The second-order valence-electron chi connectivity index (χ2n) is 7.98. The molecule has 9 heteroatoms. The molecule has 2 amide bonds. The van der Waals surface area contributed by atoms with Crippen LogP contribution in [0.15, 0.2) is 30.5 Å². The Hall–Kier alpha value is -2.39. The van der Waals surface area contributed by atoms with Crippen LogP contribution in [0.5, 0.6) is 0 Å². The highest BCUT2D eigenvalue weighted by Crippen LogP contribution is 2.27. The Bertz CT molecular complexity index is 1040. The highest BCUT2D eigenvalue weighted by atomic mass is 32.2. The van der Waals surface area contributed by atoms with Gasteiger partial charge in [0, 0.05) is 56.2 Å². The van der Waals surface area contributed by atoms with Crippen molar-refractivity contribution in [3.63, 3.8) is 0 Å². The molecular weight excluding hydrogens is 404 g/mol. The number of piperazine rings is 1. The van der Waals surface area contributed by atoms with Crippen LogP contribution in [0.4, 0.5) is 0 Å². The SMILES string of the molecule is CCCS(=O)(=O)N1CCN(C(=O)C2CCC(=O)N2Cc2c[nH]c3ccccc23)CC1. The predicted octanol–water partition coefficient (Wildman–Crippen LogP) is 1.54. The molecule has 1 aromatic carbocycles. The van der Waals surface area contributed by atoms with Crippen molar-refractivity contribution in [3.05, 3.63) is 36.0 Å². The fourth-order valence-corrected chi connectivity index (χ4v) is 5.91. The molecule has 30 heavy (non-hydrogen) atoms. The van der Waals surface area contributed by atoms with Gasteiger partial charge in [0.1, 0.15) is 6.04 Å². The van der Waals surface area contributed by atoms with Gasteiger partial charge in [-0.25, -0.2) is 8.42 Å². The second-order valence-corrected chi connectivity index (χ2v) is 10.1. The lowest BCUT2D eigenvalue weighted by Crippen LogP contribution is -2.55. The zero-order valence-corrected chi connectivity index (χ0v) is 18.0. The Morgan fingerprint density at radius 3 is 2.63 bits per heavy atom. The number of rotatable bonds is 6. The first-order chi connectivity index (χ1) is 14.4. The molecule has 2 aliphatic rings. The van der Waals surface area contributed by atoms with Crippen LogP contribution in [0.3, 0.4) is 0 Å². The number of H-pyrrole nitrogens is 1. The van der Waals surface area contributed by atoms with Crippen LogP contribution in [0.25, 0.3) is 10.9 Å². The number of para-hydroxylation sites is 1. The number of carbonyl (C=O) groups excluding carboxylic acids is 2. The number of benzene rings is 1. The van der Waals surface area contributed by atoms with Crippen molar-refractivity contribution < 1.29 is 18.0 Å². The van der Waals surface area contributed by atoms with Crippen LogP contribution in [0, 0.1) is 0 Å². The lowest BCUT2D eigenvalue weighted by Gasteiger charge is -2.36. The van der Waals surface area contributed by atoms with Crippen LogP contribution in [-0.4, -0.2) is 77.3 Å². The second kappa shape index (κ2) is 8.39. The van der Waals surface area contributed by atoms with Crippen molar-refractivity contribution in [2.24, 2.45) is 0 Å². The molecule has 8 nitrogen and oxygen atoms in total. The maximum absolute atomic E-state index is 13.2. The number of amides is 2. The van der Waals surface area contributed by atoms with Crippen molar-refractivity contribution in [3.8, 4) is 0 Å². The van der Waals surface area contributed by atoms with E-state index in [-0.39, 0.29) is 17.6 Å². The number of carbonyl (C=O) groups is 2. The molecule has 2 saturated heterocycles. The summed E-state index contributed by atoms with van der Waals surface area (Å²) in [5.74, 6) is 0.0484. The highest BCUT2D eigenvalue weighted by Gasteiger charge is 2.39. The molecule has 1 atom stereocenters. The van der Waals surface area contributed by atoms with E-state index in [1.165, 1.54) is 4.31 Å². The summed E-state index contributed by atoms with van der Waals surface area (Å²) in [6.07, 6.45) is 3.35. The van der Waals surface area contributed by atoms with E-state index in [9.17, 15) is 18.0 Å². The lowest BCUT2D eigenvalue weighted by atomic mass is 10.1. The monoisotopic (exact) mass is 432 g/mol. The van der Waals surface area contributed by atoms with E-state index >= 15 is 0 Å². The zero-order valence-electron chi connectivity index (χ0n) is 17.2. The molecule has 162 valence electrons. The average Bonchev–Trinajstić information content (AvgIpc) is 3.32. The van der Waals surface area contributed by atoms with Gasteiger partial charge in [-0.3, -0.25) is 9.59 Å². The smallest absolute Gasteiger partial charge is 0.245 e. The summed E-state index contributed by atoms with van der Waals surface area (Å²) in [5.41, 5.74) is 2.00. The number of aromatic nitrogens is 1.